The van der Waals surface area contributed by atoms with Crippen LogP contribution in [-0.2, 0) is 16.1 Å². The monoisotopic (exact) mass is 308 g/mol. The number of ether oxygens (including phenoxy) is 1. The largest absolute Gasteiger partial charge is 0.480 e. The average Bonchev–Trinajstić information content (AvgIpc) is 2.56. The molecule has 1 aliphatic heterocycles. The summed E-state index contributed by atoms with van der Waals surface area (Å²) < 4.78 is 5.30. The minimum Gasteiger partial charge on any atom is -0.480 e. The predicted molar refractivity (Wildman–Crippen MR) is 82.8 cm³/mol. The molecule has 0 saturated carbocycles. The SMILES string of the molecule is CC[C@H](C)[C@H](NCc1cnc(N2CCOCC2)nc1)C(=O)O. The average molecular weight is 308 g/mol. The number of carboxylic acids is 1. The lowest BCUT2D eigenvalue weighted by molar-refractivity contribution is -0.140. The van der Waals surface area contributed by atoms with Crippen molar-refractivity contribution < 1.29 is 14.6 Å². The van der Waals surface area contributed by atoms with Gasteiger partial charge in [-0.1, -0.05) is 20.3 Å². The highest BCUT2D eigenvalue weighted by molar-refractivity contribution is 5.73. The summed E-state index contributed by atoms with van der Waals surface area (Å²) in [6.07, 6.45) is 4.32. The molecule has 0 unspecified atom stereocenters. The van der Waals surface area contributed by atoms with Crippen LogP contribution in [0.25, 0.3) is 0 Å². The van der Waals surface area contributed by atoms with E-state index in [1.54, 1.807) is 12.4 Å². The number of nitrogens with zero attached hydrogens (tertiary/aromatic N) is 3. The van der Waals surface area contributed by atoms with Crippen LogP contribution in [0.1, 0.15) is 25.8 Å². The number of hydrogen-bond acceptors (Lipinski definition) is 6. The van der Waals surface area contributed by atoms with E-state index in [4.69, 9.17) is 4.74 Å². The fourth-order valence-corrected chi connectivity index (χ4v) is 2.36. The van der Waals surface area contributed by atoms with Gasteiger partial charge in [-0.25, -0.2) is 9.97 Å². The molecule has 1 fully saturated rings. The van der Waals surface area contributed by atoms with Crippen LogP contribution in [0, 0.1) is 5.92 Å². The molecule has 1 saturated heterocycles. The number of morpholine rings is 1. The molecule has 0 radical (unpaired) electrons. The molecule has 1 aliphatic rings. The Morgan fingerprint density at radius 3 is 2.59 bits per heavy atom. The molecule has 2 rings (SSSR count). The molecule has 1 aromatic rings. The number of nitrogens with one attached hydrogen (secondary N) is 1. The molecule has 0 bridgehead atoms. The van der Waals surface area contributed by atoms with E-state index in [2.05, 4.69) is 20.2 Å². The smallest absolute Gasteiger partial charge is 0.320 e. The van der Waals surface area contributed by atoms with Gasteiger partial charge in [0.2, 0.25) is 5.95 Å². The third-order valence-electron chi connectivity index (χ3n) is 3.99. The number of rotatable bonds is 7. The lowest BCUT2D eigenvalue weighted by Gasteiger charge is -2.26. The Hall–Kier alpha value is -1.73. The van der Waals surface area contributed by atoms with Crippen LogP contribution >= 0.6 is 0 Å². The fraction of sp³-hybridized carbons (Fsp3) is 0.667. The van der Waals surface area contributed by atoms with Crippen LogP contribution in [0.2, 0.25) is 0 Å². The Balaban J connectivity index is 1.91. The van der Waals surface area contributed by atoms with Gasteiger partial charge in [-0.3, -0.25) is 10.1 Å². The first-order valence-corrected chi connectivity index (χ1v) is 7.71. The van der Waals surface area contributed by atoms with Crippen LogP contribution in [-0.4, -0.2) is 53.4 Å². The first kappa shape index (κ1) is 16.6. The highest BCUT2D eigenvalue weighted by Gasteiger charge is 2.22. The van der Waals surface area contributed by atoms with Gasteiger partial charge in [-0.2, -0.15) is 0 Å². The van der Waals surface area contributed by atoms with Crippen molar-refractivity contribution >= 4 is 11.9 Å². The number of carbonyl (C=O) groups is 1. The van der Waals surface area contributed by atoms with E-state index in [1.165, 1.54) is 0 Å². The Labute approximate surface area is 130 Å². The quantitative estimate of drug-likeness (QED) is 0.774. The van der Waals surface area contributed by atoms with E-state index in [1.807, 2.05) is 13.8 Å². The maximum Gasteiger partial charge on any atom is 0.320 e. The maximum absolute atomic E-state index is 11.3. The van der Waals surface area contributed by atoms with Gasteiger partial charge in [0, 0.05) is 37.6 Å². The molecule has 2 atom stereocenters. The maximum atomic E-state index is 11.3. The third-order valence-corrected chi connectivity index (χ3v) is 3.99. The van der Waals surface area contributed by atoms with Gasteiger partial charge in [0.15, 0.2) is 0 Å². The van der Waals surface area contributed by atoms with Crippen LogP contribution in [0.3, 0.4) is 0 Å². The molecule has 7 nitrogen and oxygen atoms in total. The number of hydrogen-bond donors (Lipinski definition) is 2. The number of carboxylic acid groups (broad SMARTS) is 1. The highest BCUT2D eigenvalue weighted by Crippen LogP contribution is 2.11. The van der Waals surface area contributed by atoms with Gasteiger partial charge in [0.05, 0.1) is 13.2 Å². The summed E-state index contributed by atoms with van der Waals surface area (Å²) in [6.45, 7) is 7.36. The molecule has 2 N–H and O–H groups in total. The van der Waals surface area contributed by atoms with Gasteiger partial charge in [-0.15, -0.1) is 0 Å². The van der Waals surface area contributed by atoms with Crippen LogP contribution < -0.4 is 10.2 Å². The van der Waals surface area contributed by atoms with Crippen molar-refractivity contribution in [3.8, 4) is 0 Å². The summed E-state index contributed by atoms with van der Waals surface area (Å²) in [5, 5.41) is 12.3. The fourth-order valence-electron chi connectivity index (χ4n) is 2.36. The van der Waals surface area contributed by atoms with Crippen molar-refractivity contribution in [1.29, 1.82) is 0 Å². The zero-order chi connectivity index (χ0) is 15.9. The van der Waals surface area contributed by atoms with Gasteiger partial charge >= 0.3 is 5.97 Å². The van der Waals surface area contributed by atoms with Crippen LogP contribution in [0.5, 0.6) is 0 Å². The van der Waals surface area contributed by atoms with E-state index in [0.717, 1.165) is 25.1 Å². The summed E-state index contributed by atoms with van der Waals surface area (Å²) in [6, 6.07) is -0.552. The molecule has 0 aliphatic carbocycles. The molecule has 0 aromatic carbocycles. The molecule has 1 aromatic heterocycles. The van der Waals surface area contributed by atoms with Crippen LogP contribution in [0.15, 0.2) is 12.4 Å². The number of aromatic nitrogens is 2. The van der Waals surface area contributed by atoms with Crippen molar-refractivity contribution in [3.05, 3.63) is 18.0 Å². The first-order chi connectivity index (χ1) is 10.6. The summed E-state index contributed by atoms with van der Waals surface area (Å²) in [4.78, 5) is 22.1. The molecule has 0 spiro atoms. The molecule has 122 valence electrons. The van der Waals surface area contributed by atoms with Gasteiger partial charge in [-0.05, 0) is 5.92 Å². The molecular formula is C15H24N4O3. The van der Waals surface area contributed by atoms with Crippen LogP contribution in [0.4, 0.5) is 5.95 Å². The Kier molecular flexibility index (Phi) is 6.09. The minimum absolute atomic E-state index is 0.0750. The molecule has 7 heteroatoms. The van der Waals surface area contributed by atoms with Crippen molar-refractivity contribution in [3.63, 3.8) is 0 Å². The zero-order valence-corrected chi connectivity index (χ0v) is 13.2. The van der Waals surface area contributed by atoms with Gasteiger partial charge < -0.3 is 14.7 Å². The molecule has 2 heterocycles. The molecule has 0 amide bonds. The first-order valence-electron chi connectivity index (χ1n) is 7.71. The van der Waals surface area contributed by atoms with Gasteiger partial charge in [0.1, 0.15) is 6.04 Å². The standard InChI is InChI=1S/C15H24N4O3/c1-3-11(2)13(14(20)21)16-8-12-9-17-15(18-10-12)19-4-6-22-7-5-19/h9-11,13,16H,3-8H2,1-2H3,(H,20,21)/t11-,13-/m0/s1. The second kappa shape index (κ2) is 8.05. The predicted octanol–water partition coefficient (Wildman–Crippen LogP) is 0.902. The van der Waals surface area contributed by atoms with E-state index in [0.29, 0.717) is 25.7 Å². The van der Waals surface area contributed by atoms with E-state index in [9.17, 15) is 9.90 Å². The zero-order valence-electron chi connectivity index (χ0n) is 13.2. The highest BCUT2D eigenvalue weighted by atomic mass is 16.5. The summed E-state index contributed by atoms with van der Waals surface area (Å²) in [5.41, 5.74) is 0.881. The summed E-state index contributed by atoms with van der Waals surface area (Å²) >= 11 is 0. The lowest BCUT2D eigenvalue weighted by Crippen LogP contribution is -2.41. The third kappa shape index (κ3) is 4.38. The van der Waals surface area contributed by atoms with Crippen molar-refractivity contribution in [1.82, 2.24) is 15.3 Å². The van der Waals surface area contributed by atoms with E-state index < -0.39 is 12.0 Å². The van der Waals surface area contributed by atoms with Gasteiger partial charge in [0.25, 0.3) is 0 Å². The Morgan fingerprint density at radius 1 is 1.41 bits per heavy atom. The number of aliphatic carboxylic acids is 1. The topological polar surface area (TPSA) is 87.6 Å². The minimum atomic E-state index is -0.819. The second-order valence-electron chi connectivity index (χ2n) is 5.57. The van der Waals surface area contributed by atoms with Crippen molar-refractivity contribution in [2.24, 2.45) is 5.92 Å². The molecule has 22 heavy (non-hydrogen) atoms. The summed E-state index contributed by atoms with van der Waals surface area (Å²) in [5.74, 6) is -0.0463. The summed E-state index contributed by atoms with van der Waals surface area (Å²) in [7, 11) is 0. The Morgan fingerprint density at radius 2 is 2.05 bits per heavy atom. The van der Waals surface area contributed by atoms with Crippen molar-refractivity contribution in [2.75, 3.05) is 31.2 Å². The number of anilines is 1. The van der Waals surface area contributed by atoms with Crippen molar-refractivity contribution in [2.45, 2.75) is 32.9 Å². The van der Waals surface area contributed by atoms with E-state index >= 15 is 0 Å². The Bertz CT molecular complexity index is 474. The molecular weight excluding hydrogens is 284 g/mol. The normalized spacial score (nSPS) is 18.0. The van der Waals surface area contributed by atoms with E-state index in [-0.39, 0.29) is 5.92 Å². The lowest BCUT2D eigenvalue weighted by atomic mass is 9.99. The second-order valence-corrected chi connectivity index (χ2v) is 5.57.